The number of nitrogens with one attached hydrogen (secondary N) is 2. The van der Waals surface area contributed by atoms with Crippen molar-refractivity contribution in [2.45, 2.75) is 26.2 Å². The van der Waals surface area contributed by atoms with Crippen LogP contribution in [0.5, 0.6) is 0 Å². The fourth-order valence-corrected chi connectivity index (χ4v) is 0.679. The van der Waals surface area contributed by atoms with E-state index >= 15 is 0 Å². The lowest BCUT2D eigenvalue weighted by Gasteiger charge is -2.25. The molecule has 2 unspecified atom stereocenters. The highest BCUT2D eigenvalue weighted by Crippen LogP contribution is 1.88. The van der Waals surface area contributed by atoms with Gasteiger partial charge in [0.25, 0.3) is 0 Å². The molecular weight excluding hydrogens is 180 g/mol. The molecule has 0 saturated carbocycles. The van der Waals surface area contributed by atoms with Crippen molar-refractivity contribution in [1.29, 1.82) is 0 Å². The Bertz CT molecular complexity index is 164. The predicted molar refractivity (Wildman–Crippen MR) is 58.0 cm³/mol. The van der Waals surface area contributed by atoms with Gasteiger partial charge in [-0.2, -0.15) is 0 Å². The van der Waals surface area contributed by atoms with Crippen LogP contribution in [0.4, 0.5) is 4.79 Å². The molecule has 14 heavy (non-hydrogen) atoms. The fraction of sp³-hybridized carbons (Fsp3) is 0.889. The summed E-state index contributed by atoms with van der Waals surface area (Å²) in [5.41, 5.74) is 0. The molecule has 0 aromatic rings. The van der Waals surface area contributed by atoms with E-state index in [1.54, 1.807) is 0 Å². The molecule has 2 amide bonds. The molecule has 5 heteroatoms. The van der Waals surface area contributed by atoms with E-state index in [9.17, 15) is 4.79 Å². The first-order valence-corrected chi connectivity index (χ1v) is 4.74. The summed E-state index contributed by atoms with van der Waals surface area (Å²) in [6.07, 6.45) is 0.0636. The van der Waals surface area contributed by atoms with Gasteiger partial charge in [-0.15, -0.1) is 0 Å². The van der Waals surface area contributed by atoms with Crippen LogP contribution in [-0.2, 0) is 0 Å². The van der Waals surface area contributed by atoms with Crippen molar-refractivity contribution >= 4 is 6.03 Å². The van der Waals surface area contributed by atoms with E-state index in [1.165, 1.54) is 0 Å². The standard InChI is InChI=1S/C9H22N4O/c1-7(12(3)4)10-9(14)11-8(2)13(5)6/h7-8H,1-6H3,(H2,10,11,14). The van der Waals surface area contributed by atoms with Crippen molar-refractivity contribution in [3.05, 3.63) is 0 Å². The molecule has 0 aliphatic carbocycles. The van der Waals surface area contributed by atoms with Crippen LogP contribution < -0.4 is 10.6 Å². The topological polar surface area (TPSA) is 47.6 Å². The van der Waals surface area contributed by atoms with Crippen molar-refractivity contribution in [2.24, 2.45) is 0 Å². The Morgan fingerprint density at radius 3 is 1.43 bits per heavy atom. The largest absolute Gasteiger partial charge is 0.323 e. The third-order valence-corrected chi connectivity index (χ3v) is 2.23. The van der Waals surface area contributed by atoms with Crippen LogP contribution in [0, 0.1) is 0 Å². The maximum Gasteiger partial charge on any atom is 0.317 e. The van der Waals surface area contributed by atoms with Gasteiger partial charge < -0.3 is 10.6 Å². The van der Waals surface area contributed by atoms with Gasteiger partial charge in [0.2, 0.25) is 0 Å². The van der Waals surface area contributed by atoms with Crippen LogP contribution in [0.15, 0.2) is 0 Å². The van der Waals surface area contributed by atoms with Gasteiger partial charge in [0.1, 0.15) is 0 Å². The number of carbonyl (C=O) groups is 1. The SMILES string of the molecule is CC(NC(=O)NC(C)N(C)C)N(C)C. The van der Waals surface area contributed by atoms with Crippen LogP contribution in [0.3, 0.4) is 0 Å². The maximum absolute atomic E-state index is 11.4. The second kappa shape index (κ2) is 5.82. The molecule has 2 N–H and O–H groups in total. The fourth-order valence-electron chi connectivity index (χ4n) is 0.679. The predicted octanol–water partition coefficient (Wildman–Crippen LogP) is 0.101. The summed E-state index contributed by atoms with van der Waals surface area (Å²) >= 11 is 0. The van der Waals surface area contributed by atoms with E-state index in [0.29, 0.717) is 0 Å². The van der Waals surface area contributed by atoms with E-state index in [4.69, 9.17) is 0 Å². The molecule has 0 aliphatic rings. The molecule has 0 saturated heterocycles. The summed E-state index contributed by atoms with van der Waals surface area (Å²) in [6, 6.07) is -0.146. The summed E-state index contributed by atoms with van der Waals surface area (Å²) in [4.78, 5) is 15.3. The molecule has 0 heterocycles. The molecule has 0 radical (unpaired) electrons. The molecule has 0 aromatic carbocycles. The minimum Gasteiger partial charge on any atom is -0.323 e. The molecule has 2 atom stereocenters. The minimum absolute atomic E-state index is 0.0318. The second-order valence-electron chi connectivity index (χ2n) is 3.90. The summed E-state index contributed by atoms with van der Waals surface area (Å²) < 4.78 is 0. The first-order valence-electron chi connectivity index (χ1n) is 4.74. The monoisotopic (exact) mass is 202 g/mol. The number of urea groups is 1. The Morgan fingerprint density at radius 1 is 0.929 bits per heavy atom. The third kappa shape index (κ3) is 5.04. The molecule has 0 bridgehead atoms. The number of hydrogen-bond donors (Lipinski definition) is 2. The Morgan fingerprint density at radius 2 is 1.21 bits per heavy atom. The smallest absolute Gasteiger partial charge is 0.317 e. The van der Waals surface area contributed by atoms with Crippen LogP contribution >= 0.6 is 0 Å². The highest BCUT2D eigenvalue weighted by atomic mass is 16.2. The number of carbonyl (C=O) groups excluding carboxylic acids is 1. The van der Waals surface area contributed by atoms with Gasteiger partial charge in [-0.3, -0.25) is 9.80 Å². The second-order valence-corrected chi connectivity index (χ2v) is 3.90. The minimum atomic E-state index is -0.146. The summed E-state index contributed by atoms with van der Waals surface area (Å²) in [6.45, 7) is 3.86. The number of hydrogen-bond acceptors (Lipinski definition) is 3. The molecule has 0 aromatic heterocycles. The van der Waals surface area contributed by atoms with Crippen molar-refractivity contribution in [3.8, 4) is 0 Å². The van der Waals surface area contributed by atoms with E-state index in [-0.39, 0.29) is 18.4 Å². The summed E-state index contributed by atoms with van der Waals surface area (Å²) in [7, 11) is 7.67. The lowest BCUT2D eigenvalue weighted by Crippen LogP contribution is -2.52. The Kier molecular flexibility index (Phi) is 5.49. The molecule has 0 fully saturated rings. The highest BCUT2D eigenvalue weighted by molar-refractivity contribution is 5.74. The van der Waals surface area contributed by atoms with Gasteiger partial charge in [0, 0.05) is 0 Å². The van der Waals surface area contributed by atoms with Crippen molar-refractivity contribution in [3.63, 3.8) is 0 Å². The molecule has 0 spiro atoms. The highest BCUT2D eigenvalue weighted by Gasteiger charge is 2.11. The molecular formula is C9H22N4O. The van der Waals surface area contributed by atoms with E-state index in [0.717, 1.165) is 0 Å². The third-order valence-electron chi connectivity index (χ3n) is 2.23. The first-order chi connectivity index (χ1) is 6.34. The van der Waals surface area contributed by atoms with E-state index in [2.05, 4.69) is 10.6 Å². The normalized spacial score (nSPS) is 15.4. The van der Waals surface area contributed by atoms with Gasteiger partial charge >= 0.3 is 6.03 Å². The molecule has 0 aliphatic heterocycles. The first kappa shape index (κ1) is 13.2. The van der Waals surface area contributed by atoms with Crippen LogP contribution in [0.25, 0.3) is 0 Å². The van der Waals surface area contributed by atoms with Crippen molar-refractivity contribution in [1.82, 2.24) is 20.4 Å². The lowest BCUT2D eigenvalue weighted by atomic mass is 10.5. The Hall–Kier alpha value is -0.810. The van der Waals surface area contributed by atoms with Crippen LogP contribution in [0.2, 0.25) is 0 Å². The van der Waals surface area contributed by atoms with E-state index in [1.807, 2.05) is 51.8 Å². The Balaban J connectivity index is 3.87. The zero-order valence-corrected chi connectivity index (χ0v) is 9.96. The number of rotatable bonds is 4. The molecule has 5 nitrogen and oxygen atoms in total. The number of nitrogens with zero attached hydrogens (tertiary/aromatic N) is 2. The van der Waals surface area contributed by atoms with E-state index < -0.39 is 0 Å². The van der Waals surface area contributed by atoms with Crippen molar-refractivity contribution < 1.29 is 4.79 Å². The summed E-state index contributed by atoms with van der Waals surface area (Å²) in [5.74, 6) is 0. The average Bonchev–Trinajstić information content (AvgIpc) is 2.03. The zero-order chi connectivity index (χ0) is 11.3. The number of amides is 2. The molecule has 84 valence electrons. The van der Waals surface area contributed by atoms with Gasteiger partial charge in [-0.1, -0.05) is 0 Å². The van der Waals surface area contributed by atoms with Gasteiger partial charge in [-0.25, -0.2) is 4.79 Å². The Labute approximate surface area is 86.4 Å². The van der Waals surface area contributed by atoms with Gasteiger partial charge in [0.15, 0.2) is 0 Å². The molecule has 0 rings (SSSR count). The van der Waals surface area contributed by atoms with Gasteiger partial charge in [-0.05, 0) is 42.0 Å². The quantitative estimate of drug-likeness (QED) is 0.636. The van der Waals surface area contributed by atoms with Crippen LogP contribution in [0.1, 0.15) is 13.8 Å². The van der Waals surface area contributed by atoms with Crippen LogP contribution in [-0.4, -0.2) is 56.4 Å². The zero-order valence-electron chi connectivity index (χ0n) is 9.96. The summed E-state index contributed by atoms with van der Waals surface area (Å²) in [5, 5.41) is 5.63. The average molecular weight is 202 g/mol. The van der Waals surface area contributed by atoms with Crippen molar-refractivity contribution in [2.75, 3.05) is 28.2 Å². The lowest BCUT2D eigenvalue weighted by molar-refractivity contribution is 0.198. The maximum atomic E-state index is 11.4. The van der Waals surface area contributed by atoms with Gasteiger partial charge in [0.05, 0.1) is 12.3 Å².